The molecule has 2 aliphatic carbocycles. The molecular weight excluding hydrogens is 636 g/mol. The zero-order valence-corrected chi connectivity index (χ0v) is 28.8. The van der Waals surface area contributed by atoms with Gasteiger partial charge in [0.05, 0.1) is 13.2 Å². The molecule has 0 saturated heterocycles. The Balaban J connectivity index is 1.19. The first kappa shape index (κ1) is 33.9. The summed E-state index contributed by atoms with van der Waals surface area (Å²) in [5, 5.41) is 0. The highest BCUT2D eigenvalue weighted by atomic mass is 16.5. The van der Waals surface area contributed by atoms with Gasteiger partial charge in [-0.3, -0.25) is 9.59 Å². The number of hydrogen-bond donors (Lipinski definition) is 0. The molecule has 2 saturated carbocycles. The van der Waals surface area contributed by atoms with E-state index in [1.165, 1.54) is 0 Å². The number of rotatable bonds is 0. The van der Waals surface area contributed by atoms with Crippen molar-refractivity contribution < 1.29 is 28.5 Å². The number of allylic oxidation sites excluding steroid dienone is 4. The van der Waals surface area contributed by atoms with Gasteiger partial charge in [-0.25, -0.2) is 0 Å². The van der Waals surface area contributed by atoms with Crippen molar-refractivity contribution in [1.82, 2.24) is 0 Å². The topological polar surface area (TPSA) is 71.1 Å². The van der Waals surface area contributed by atoms with Crippen molar-refractivity contribution >= 4 is 35.9 Å². The van der Waals surface area contributed by atoms with Crippen LogP contribution >= 0.6 is 0 Å². The molecule has 4 aromatic carbocycles. The molecule has 4 bridgehead atoms. The number of ketones is 2. The standard InChI is InChI=1S/C45H42O6/c46-44-36-16-9-18-38(44)30-34-14-3-7-22-42(34)50-26-27-51-43-23-8-4-15-35(43)31-39-19-10-17-37(45(39)47)29-33-13-2-6-21-41(33)49-25-11-24-48-40-20-5-1-12-32(40)28-36/h1-8,12-15,20-23,28-31H,9-11,16-19,24-27H2/b36-28-,37-29+,38-30+,39-31-. The molecule has 0 unspecified atom stereocenters. The van der Waals surface area contributed by atoms with Crippen LogP contribution in [0.2, 0.25) is 0 Å². The van der Waals surface area contributed by atoms with Crippen molar-refractivity contribution in [2.24, 2.45) is 0 Å². The maximum absolute atomic E-state index is 13.8. The summed E-state index contributed by atoms with van der Waals surface area (Å²) in [7, 11) is 0. The maximum Gasteiger partial charge on any atom is 0.185 e. The number of fused-ring (bicyclic) bond motifs is 8. The molecule has 1 aliphatic heterocycles. The van der Waals surface area contributed by atoms with Crippen molar-refractivity contribution in [2.45, 2.75) is 44.9 Å². The van der Waals surface area contributed by atoms with Crippen LogP contribution in [0.4, 0.5) is 0 Å². The third kappa shape index (κ3) is 8.41. The first-order valence-electron chi connectivity index (χ1n) is 17.9. The normalized spacial score (nSPS) is 21.4. The molecular formula is C45H42O6. The number of carbonyl (C=O) groups excluding carboxylic acids is 2. The molecule has 7 rings (SSSR count). The third-order valence-corrected chi connectivity index (χ3v) is 9.35. The summed E-state index contributed by atoms with van der Waals surface area (Å²) in [5.41, 5.74) is 6.57. The molecule has 1 heterocycles. The second-order valence-electron chi connectivity index (χ2n) is 12.9. The van der Waals surface area contributed by atoms with E-state index in [1.54, 1.807) is 0 Å². The molecule has 0 aromatic heterocycles. The molecule has 51 heavy (non-hydrogen) atoms. The minimum Gasteiger partial charge on any atom is -0.493 e. The van der Waals surface area contributed by atoms with Gasteiger partial charge in [0.2, 0.25) is 0 Å². The molecule has 0 spiro atoms. The predicted octanol–water partition coefficient (Wildman–Crippen LogP) is 9.75. The fourth-order valence-electron chi connectivity index (χ4n) is 6.76. The van der Waals surface area contributed by atoms with E-state index in [0.717, 1.165) is 68.9 Å². The highest BCUT2D eigenvalue weighted by Gasteiger charge is 2.23. The van der Waals surface area contributed by atoms with Crippen molar-refractivity contribution in [3.8, 4) is 23.0 Å². The number of Topliss-reactive ketones (excluding diaryl/α,β-unsaturated/α-hetero) is 2. The zero-order chi connectivity index (χ0) is 34.8. The van der Waals surface area contributed by atoms with E-state index in [-0.39, 0.29) is 11.6 Å². The average molecular weight is 679 g/mol. The molecule has 3 aliphatic rings. The summed E-state index contributed by atoms with van der Waals surface area (Å²) >= 11 is 0. The van der Waals surface area contributed by atoms with Gasteiger partial charge < -0.3 is 18.9 Å². The lowest BCUT2D eigenvalue weighted by Gasteiger charge is -2.18. The highest BCUT2D eigenvalue weighted by Crippen LogP contribution is 2.34. The van der Waals surface area contributed by atoms with Crippen LogP contribution in [-0.2, 0) is 9.59 Å². The molecule has 6 heteroatoms. The molecule has 4 aromatic rings. The summed E-state index contributed by atoms with van der Waals surface area (Å²) in [6.07, 6.45) is 13.2. The summed E-state index contributed by atoms with van der Waals surface area (Å²) in [4.78, 5) is 27.5. The van der Waals surface area contributed by atoms with Crippen molar-refractivity contribution in [2.75, 3.05) is 26.4 Å². The van der Waals surface area contributed by atoms with E-state index in [1.807, 2.05) is 121 Å². The Kier molecular flexibility index (Phi) is 10.9. The van der Waals surface area contributed by atoms with Crippen LogP contribution < -0.4 is 18.9 Å². The average Bonchev–Trinajstić information content (AvgIpc) is 3.15. The molecule has 258 valence electrons. The van der Waals surface area contributed by atoms with Gasteiger partial charge in [0.25, 0.3) is 0 Å². The fraction of sp³-hybridized carbons (Fsp3) is 0.244. The van der Waals surface area contributed by atoms with Gasteiger partial charge in [0.1, 0.15) is 36.2 Å². The summed E-state index contributed by atoms with van der Waals surface area (Å²) in [6.45, 7) is 1.54. The predicted molar refractivity (Wildman–Crippen MR) is 202 cm³/mol. The Hall–Kier alpha value is -5.62. The molecule has 0 atom stereocenters. The lowest BCUT2D eigenvalue weighted by Crippen LogP contribution is -2.13. The third-order valence-electron chi connectivity index (χ3n) is 9.35. The molecule has 6 nitrogen and oxygen atoms in total. The Morgan fingerprint density at radius 3 is 0.922 bits per heavy atom. The molecule has 2 fully saturated rings. The number of hydrogen-bond acceptors (Lipinski definition) is 6. The van der Waals surface area contributed by atoms with Gasteiger partial charge >= 0.3 is 0 Å². The summed E-state index contributed by atoms with van der Waals surface area (Å²) < 4.78 is 24.8. The van der Waals surface area contributed by atoms with Crippen molar-refractivity contribution in [3.63, 3.8) is 0 Å². The van der Waals surface area contributed by atoms with Crippen LogP contribution in [0.1, 0.15) is 67.2 Å². The van der Waals surface area contributed by atoms with Gasteiger partial charge in [-0.1, -0.05) is 72.8 Å². The number of benzene rings is 4. The zero-order valence-electron chi connectivity index (χ0n) is 28.8. The monoisotopic (exact) mass is 678 g/mol. The number of ether oxygens (including phenoxy) is 4. The molecule has 0 radical (unpaired) electrons. The van der Waals surface area contributed by atoms with E-state index in [0.29, 0.717) is 70.0 Å². The van der Waals surface area contributed by atoms with E-state index in [2.05, 4.69) is 0 Å². The lowest BCUT2D eigenvalue weighted by molar-refractivity contribution is -0.113. The smallest absolute Gasteiger partial charge is 0.185 e. The highest BCUT2D eigenvalue weighted by molar-refractivity contribution is 6.15. The first-order chi connectivity index (χ1) is 25.1. The van der Waals surface area contributed by atoms with Crippen molar-refractivity contribution in [3.05, 3.63) is 142 Å². The van der Waals surface area contributed by atoms with E-state index in [4.69, 9.17) is 18.9 Å². The fourth-order valence-corrected chi connectivity index (χ4v) is 6.76. The Morgan fingerprint density at radius 2 is 0.608 bits per heavy atom. The van der Waals surface area contributed by atoms with Gasteiger partial charge in [0, 0.05) is 51.0 Å². The van der Waals surface area contributed by atoms with Crippen LogP contribution in [0.15, 0.2) is 119 Å². The SMILES string of the molecule is O=C1/C2=C\c3ccccc3OCCOc3ccccc3/C=C3\CCC/C(=C/c4ccccc4OCCCOc4ccccc4/C=C/1CCC2)C3=O. The van der Waals surface area contributed by atoms with Crippen LogP contribution in [-0.4, -0.2) is 38.0 Å². The minimum atomic E-state index is 0.0577. The van der Waals surface area contributed by atoms with E-state index >= 15 is 0 Å². The maximum atomic E-state index is 13.8. The lowest BCUT2D eigenvalue weighted by atomic mass is 9.86. The van der Waals surface area contributed by atoms with Crippen LogP contribution in [0.3, 0.4) is 0 Å². The number of carbonyl (C=O) groups is 2. The summed E-state index contributed by atoms with van der Waals surface area (Å²) in [6, 6.07) is 31.2. The first-order valence-corrected chi connectivity index (χ1v) is 17.9. The largest absolute Gasteiger partial charge is 0.493 e. The minimum absolute atomic E-state index is 0.0577. The quantitative estimate of drug-likeness (QED) is 0.184. The second kappa shape index (κ2) is 16.4. The Morgan fingerprint density at radius 1 is 0.333 bits per heavy atom. The van der Waals surface area contributed by atoms with Gasteiger partial charge in [-0.15, -0.1) is 0 Å². The Bertz CT molecular complexity index is 1880. The van der Waals surface area contributed by atoms with Gasteiger partial charge in [-0.2, -0.15) is 0 Å². The molecule has 0 N–H and O–H groups in total. The van der Waals surface area contributed by atoms with E-state index in [9.17, 15) is 9.59 Å². The van der Waals surface area contributed by atoms with Crippen LogP contribution in [0.5, 0.6) is 23.0 Å². The van der Waals surface area contributed by atoms with Gasteiger partial charge in [-0.05, 0) is 87.1 Å². The van der Waals surface area contributed by atoms with Crippen LogP contribution in [0, 0.1) is 0 Å². The molecule has 0 amide bonds. The Labute approximate surface area is 299 Å². The second-order valence-corrected chi connectivity index (χ2v) is 12.9. The number of para-hydroxylation sites is 4. The summed E-state index contributed by atoms with van der Waals surface area (Å²) in [5.74, 6) is 2.98. The van der Waals surface area contributed by atoms with Crippen molar-refractivity contribution in [1.29, 1.82) is 0 Å². The van der Waals surface area contributed by atoms with E-state index < -0.39 is 0 Å². The van der Waals surface area contributed by atoms with Crippen LogP contribution in [0.25, 0.3) is 24.3 Å². The van der Waals surface area contributed by atoms with Gasteiger partial charge in [0.15, 0.2) is 11.6 Å².